The van der Waals surface area contributed by atoms with E-state index in [9.17, 15) is 0 Å². The van der Waals surface area contributed by atoms with Gasteiger partial charge in [-0.25, -0.2) is 0 Å². The van der Waals surface area contributed by atoms with Crippen molar-refractivity contribution in [1.82, 2.24) is 5.32 Å². The van der Waals surface area contributed by atoms with Crippen molar-refractivity contribution in [2.24, 2.45) is 11.8 Å². The summed E-state index contributed by atoms with van der Waals surface area (Å²) in [5, 5.41) is 3.45. The van der Waals surface area contributed by atoms with Gasteiger partial charge >= 0.3 is 0 Å². The van der Waals surface area contributed by atoms with Crippen LogP contribution in [0.15, 0.2) is 0 Å². The van der Waals surface area contributed by atoms with Gasteiger partial charge in [0, 0.05) is 6.04 Å². The van der Waals surface area contributed by atoms with Crippen LogP contribution < -0.4 is 5.32 Å². The minimum atomic E-state index is 0.262. The summed E-state index contributed by atoms with van der Waals surface area (Å²) in [6, 6.07) is 0.988. The van der Waals surface area contributed by atoms with Crippen LogP contribution in [-0.4, -0.2) is 12.1 Å². The monoisotopic (exact) mass is 149 g/mol. The van der Waals surface area contributed by atoms with E-state index < -0.39 is 0 Å². The second-order valence-electron chi connectivity index (χ2n) is 3.98. The molecule has 0 aromatic heterocycles. The van der Waals surface area contributed by atoms with Gasteiger partial charge in [0.15, 0.2) is 0 Å². The smallest absolute Gasteiger partial charge is 0.0660 e. The fourth-order valence-electron chi connectivity index (χ4n) is 2.25. The Hall–Kier alpha value is -0.480. The maximum atomic E-state index is 5.28. The maximum Gasteiger partial charge on any atom is 0.0660 e. The average molecular weight is 149 g/mol. The first-order valence-corrected chi connectivity index (χ1v) is 4.51. The van der Waals surface area contributed by atoms with E-state index in [0.717, 1.165) is 17.9 Å². The van der Waals surface area contributed by atoms with Gasteiger partial charge in [0.25, 0.3) is 0 Å². The van der Waals surface area contributed by atoms with Crippen LogP contribution in [0.25, 0.3) is 0 Å². The van der Waals surface area contributed by atoms with Gasteiger partial charge < -0.3 is 5.32 Å². The molecule has 0 aromatic rings. The van der Waals surface area contributed by atoms with Gasteiger partial charge in [0.05, 0.1) is 6.04 Å². The molecule has 2 rings (SSSR count). The molecule has 0 heterocycles. The van der Waals surface area contributed by atoms with Gasteiger partial charge in [-0.15, -0.1) is 6.42 Å². The van der Waals surface area contributed by atoms with Crippen LogP contribution in [0.5, 0.6) is 0 Å². The first-order chi connectivity index (χ1) is 5.29. The molecule has 3 atom stereocenters. The number of fused-ring (bicyclic) bond motifs is 1. The maximum absolute atomic E-state index is 5.28. The lowest BCUT2D eigenvalue weighted by Gasteiger charge is -2.16. The quantitative estimate of drug-likeness (QED) is 0.585. The molecule has 2 fully saturated rings. The molecule has 3 unspecified atom stereocenters. The van der Waals surface area contributed by atoms with Crippen LogP contribution in [-0.2, 0) is 0 Å². The Bertz CT molecular complexity index is 182. The van der Waals surface area contributed by atoms with Gasteiger partial charge in [-0.05, 0) is 38.0 Å². The van der Waals surface area contributed by atoms with Crippen molar-refractivity contribution < 1.29 is 0 Å². The average Bonchev–Trinajstić information content (AvgIpc) is 2.60. The molecule has 0 amide bonds. The predicted octanol–water partition coefficient (Wildman–Crippen LogP) is 1.40. The lowest BCUT2D eigenvalue weighted by molar-refractivity contribution is 0.464. The van der Waals surface area contributed by atoms with Gasteiger partial charge in [-0.1, -0.05) is 5.92 Å². The second-order valence-corrected chi connectivity index (χ2v) is 3.98. The molecular formula is C10H15N. The zero-order valence-electron chi connectivity index (χ0n) is 7.01. The Labute approximate surface area is 68.6 Å². The zero-order valence-corrected chi connectivity index (χ0v) is 7.01. The molecule has 11 heavy (non-hydrogen) atoms. The molecule has 1 nitrogen and oxygen atoms in total. The summed E-state index contributed by atoms with van der Waals surface area (Å²) in [6.45, 7) is 2.06. The molecule has 2 saturated carbocycles. The van der Waals surface area contributed by atoms with E-state index >= 15 is 0 Å². The number of rotatable bonds is 2. The van der Waals surface area contributed by atoms with Crippen molar-refractivity contribution in [1.29, 1.82) is 0 Å². The molecule has 2 aliphatic rings. The SMILES string of the molecule is C#CC(C)NC1CC2CC2C1. The van der Waals surface area contributed by atoms with Crippen LogP contribution in [0.1, 0.15) is 26.2 Å². The summed E-state index contributed by atoms with van der Waals surface area (Å²) < 4.78 is 0. The van der Waals surface area contributed by atoms with Crippen LogP contribution in [0, 0.1) is 24.2 Å². The molecule has 0 radical (unpaired) electrons. The van der Waals surface area contributed by atoms with Crippen molar-refractivity contribution in [2.45, 2.75) is 38.3 Å². The van der Waals surface area contributed by atoms with E-state index in [1.807, 2.05) is 0 Å². The van der Waals surface area contributed by atoms with E-state index in [1.165, 1.54) is 19.3 Å². The third-order valence-corrected chi connectivity index (χ3v) is 2.98. The van der Waals surface area contributed by atoms with Crippen LogP contribution in [0.3, 0.4) is 0 Å². The van der Waals surface area contributed by atoms with Crippen LogP contribution in [0.2, 0.25) is 0 Å². The minimum Gasteiger partial charge on any atom is -0.301 e. The standard InChI is InChI=1S/C10H15N/c1-3-7(2)11-10-5-8-4-9(8)6-10/h1,7-11H,4-6H2,2H3. The summed E-state index contributed by atoms with van der Waals surface area (Å²) in [7, 11) is 0. The molecular weight excluding hydrogens is 134 g/mol. The Morgan fingerprint density at radius 3 is 2.55 bits per heavy atom. The molecule has 2 aliphatic carbocycles. The van der Waals surface area contributed by atoms with Gasteiger partial charge in [0.2, 0.25) is 0 Å². The number of hydrogen-bond acceptors (Lipinski definition) is 1. The van der Waals surface area contributed by atoms with E-state index in [-0.39, 0.29) is 6.04 Å². The molecule has 0 aliphatic heterocycles. The summed E-state index contributed by atoms with van der Waals surface area (Å²) in [5.74, 6) is 4.82. The highest BCUT2D eigenvalue weighted by Gasteiger charge is 2.45. The molecule has 60 valence electrons. The topological polar surface area (TPSA) is 12.0 Å². The Kier molecular flexibility index (Phi) is 1.65. The largest absolute Gasteiger partial charge is 0.301 e. The van der Waals surface area contributed by atoms with E-state index in [0.29, 0.717) is 0 Å². The predicted molar refractivity (Wildman–Crippen MR) is 46.0 cm³/mol. The summed E-state index contributed by atoms with van der Waals surface area (Å²) >= 11 is 0. The third kappa shape index (κ3) is 1.41. The zero-order chi connectivity index (χ0) is 7.84. The molecule has 0 bridgehead atoms. The van der Waals surface area contributed by atoms with Crippen molar-refractivity contribution >= 4 is 0 Å². The molecule has 1 heteroatoms. The van der Waals surface area contributed by atoms with Gasteiger partial charge in [0.1, 0.15) is 0 Å². The lowest BCUT2D eigenvalue weighted by atomic mass is 10.1. The molecule has 0 spiro atoms. The Morgan fingerprint density at radius 1 is 1.36 bits per heavy atom. The highest BCUT2D eigenvalue weighted by atomic mass is 15.0. The van der Waals surface area contributed by atoms with Crippen molar-refractivity contribution in [3.63, 3.8) is 0 Å². The fourth-order valence-corrected chi connectivity index (χ4v) is 2.25. The summed E-state index contributed by atoms with van der Waals surface area (Å²) in [6.07, 6.45) is 9.52. The normalized spacial score (nSPS) is 42.7. The molecule has 1 N–H and O–H groups in total. The first-order valence-electron chi connectivity index (χ1n) is 4.51. The first kappa shape index (κ1) is 7.18. The number of nitrogens with one attached hydrogen (secondary N) is 1. The van der Waals surface area contributed by atoms with Crippen molar-refractivity contribution in [3.05, 3.63) is 0 Å². The van der Waals surface area contributed by atoms with E-state index in [1.54, 1.807) is 0 Å². The summed E-state index contributed by atoms with van der Waals surface area (Å²) in [4.78, 5) is 0. The van der Waals surface area contributed by atoms with Gasteiger partial charge in [-0.2, -0.15) is 0 Å². The lowest BCUT2D eigenvalue weighted by Crippen LogP contribution is -2.34. The number of terminal acetylenes is 1. The van der Waals surface area contributed by atoms with Crippen molar-refractivity contribution in [2.75, 3.05) is 0 Å². The third-order valence-electron chi connectivity index (χ3n) is 2.98. The minimum absolute atomic E-state index is 0.262. The number of hydrogen-bond donors (Lipinski definition) is 1. The molecule has 0 aromatic carbocycles. The van der Waals surface area contributed by atoms with Crippen LogP contribution in [0.4, 0.5) is 0 Å². The van der Waals surface area contributed by atoms with Crippen LogP contribution >= 0.6 is 0 Å². The van der Waals surface area contributed by atoms with E-state index in [4.69, 9.17) is 6.42 Å². The Balaban J connectivity index is 1.76. The summed E-state index contributed by atoms with van der Waals surface area (Å²) in [5.41, 5.74) is 0. The van der Waals surface area contributed by atoms with E-state index in [2.05, 4.69) is 18.2 Å². The van der Waals surface area contributed by atoms with Crippen molar-refractivity contribution in [3.8, 4) is 12.3 Å². The molecule has 0 saturated heterocycles. The van der Waals surface area contributed by atoms with Gasteiger partial charge in [-0.3, -0.25) is 0 Å². The highest BCUT2D eigenvalue weighted by Crippen LogP contribution is 2.51. The fraction of sp³-hybridized carbons (Fsp3) is 0.800. The Morgan fingerprint density at radius 2 is 2.00 bits per heavy atom. The second kappa shape index (κ2) is 2.53. The highest BCUT2D eigenvalue weighted by molar-refractivity contribution is 5.03.